The molecule has 2 aromatic carbocycles. The lowest BCUT2D eigenvalue weighted by atomic mass is 9.95. The Hall–Kier alpha value is -3.37. The van der Waals surface area contributed by atoms with E-state index in [1.54, 1.807) is 14.2 Å². The number of rotatable bonds is 7. The van der Waals surface area contributed by atoms with Crippen LogP contribution in [0, 0.1) is 13.8 Å². The number of carbonyl (C=O) groups is 1. The Kier molecular flexibility index (Phi) is 6.97. The van der Waals surface area contributed by atoms with Gasteiger partial charge in [0.15, 0.2) is 16.7 Å². The predicted octanol–water partition coefficient (Wildman–Crippen LogP) is 2.98. The van der Waals surface area contributed by atoms with Crippen molar-refractivity contribution >= 4 is 22.8 Å². The molecule has 36 heavy (non-hydrogen) atoms. The van der Waals surface area contributed by atoms with Gasteiger partial charge in [-0.3, -0.25) is 10.2 Å². The maximum Gasteiger partial charge on any atom is 0.230 e. The van der Waals surface area contributed by atoms with Gasteiger partial charge >= 0.3 is 0 Å². The molecular formula is C26H32N6O3S. The van der Waals surface area contributed by atoms with E-state index in [2.05, 4.69) is 69.4 Å². The Morgan fingerprint density at radius 3 is 2.86 bits per heavy atom. The van der Waals surface area contributed by atoms with Crippen molar-refractivity contribution in [2.75, 3.05) is 20.0 Å². The fourth-order valence-electron chi connectivity index (χ4n) is 4.96. The van der Waals surface area contributed by atoms with Crippen molar-refractivity contribution in [1.29, 1.82) is 0 Å². The molecule has 5 rings (SSSR count). The number of para-hydroxylation sites is 1. The maximum absolute atomic E-state index is 12.6. The first kappa shape index (κ1) is 24.3. The number of ether oxygens (including phenoxy) is 2. The Bertz CT molecular complexity index is 1200. The zero-order valence-electron chi connectivity index (χ0n) is 20.9. The van der Waals surface area contributed by atoms with E-state index in [1.807, 2.05) is 24.4 Å². The second kappa shape index (κ2) is 10.3. The van der Waals surface area contributed by atoms with Crippen LogP contribution in [0.1, 0.15) is 34.7 Å². The average molecular weight is 509 g/mol. The molecule has 0 saturated carbocycles. The van der Waals surface area contributed by atoms with Gasteiger partial charge in [0.2, 0.25) is 5.91 Å². The molecule has 190 valence electrons. The number of hydrazone groups is 1. The van der Waals surface area contributed by atoms with Gasteiger partial charge < -0.3 is 24.7 Å². The van der Waals surface area contributed by atoms with Gasteiger partial charge in [-0.1, -0.05) is 47.7 Å². The second-order valence-corrected chi connectivity index (χ2v) is 10.1. The van der Waals surface area contributed by atoms with Crippen molar-refractivity contribution in [2.24, 2.45) is 5.10 Å². The summed E-state index contributed by atoms with van der Waals surface area (Å²) in [7, 11) is 3.19. The number of nitrogens with zero attached hydrogens (tertiary/aromatic N) is 3. The topological polar surface area (TPSA) is 90.5 Å². The molecule has 9 nitrogen and oxygen atoms in total. The van der Waals surface area contributed by atoms with E-state index in [-0.39, 0.29) is 29.9 Å². The number of hydrazine groups is 1. The average Bonchev–Trinajstić information content (AvgIpc) is 3.51. The molecule has 0 radical (unpaired) electrons. The lowest BCUT2D eigenvalue weighted by Crippen LogP contribution is -2.54. The molecule has 3 atom stereocenters. The minimum absolute atomic E-state index is 0.0178. The summed E-state index contributed by atoms with van der Waals surface area (Å²) in [5.41, 5.74) is 11.7. The lowest BCUT2D eigenvalue weighted by molar-refractivity contribution is -0.118. The number of fused-ring (bicyclic) bond motifs is 3. The van der Waals surface area contributed by atoms with E-state index in [4.69, 9.17) is 9.47 Å². The summed E-state index contributed by atoms with van der Waals surface area (Å²) >= 11 is 1.42. The quantitative estimate of drug-likeness (QED) is 0.526. The molecule has 3 heterocycles. The van der Waals surface area contributed by atoms with E-state index in [1.165, 1.54) is 28.5 Å². The third-order valence-electron chi connectivity index (χ3n) is 6.81. The van der Waals surface area contributed by atoms with Crippen LogP contribution in [-0.2, 0) is 11.3 Å². The minimum Gasteiger partial charge on any atom is -0.493 e. The van der Waals surface area contributed by atoms with Crippen molar-refractivity contribution in [2.45, 2.75) is 45.1 Å². The van der Waals surface area contributed by atoms with Crippen molar-refractivity contribution in [3.63, 3.8) is 0 Å². The van der Waals surface area contributed by atoms with Gasteiger partial charge in [0.1, 0.15) is 6.17 Å². The number of thioether (sulfide) groups is 1. The number of amidine groups is 1. The highest BCUT2D eigenvalue weighted by molar-refractivity contribution is 8.14. The molecule has 0 spiro atoms. The Morgan fingerprint density at radius 1 is 1.19 bits per heavy atom. The van der Waals surface area contributed by atoms with Crippen LogP contribution in [0.4, 0.5) is 0 Å². The fourth-order valence-corrected chi connectivity index (χ4v) is 5.76. The molecule has 1 saturated heterocycles. The summed E-state index contributed by atoms with van der Waals surface area (Å²) in [6.45, 7) is 4.66. The molecule has 3 unspecified atom stereocenters. The molecule has 3 aliphatic heterocycles. The van der Waals surface area contributed by atoms with E-state index in [0.717, 1.165) is 17.2 Å². The second-order valence-electron chi connectivity index (χ2n) is 9.14. The molecular weight excluding hydrogens is 476 g/mol. The predicted molar refractivity (Wildman–Crippen MR) is 141 cm³/mol. The van der Waals surface area contributed by atoms with Gasteiger partial charge in [-0.2, -0.15) is 5.10 Å². The van der Waals surface area contributed by atoms with E-state index >= 15 is 0 Å². The van der Waals surface area contributed by atoms with Crippen LogP contribution < -0.4 is 25.6 Å². The van der Waals surface area contributed by atoms with E-state index in [9.17, 15) is 4.79 Å². The van der Waals surface area contributed by atoms with Crippen LogP contribution in [0.3, 0.4) is 0 Å². The standard InChI is InChI=1S/C26H32N6O3S/c1-16-8-9-17(2)19(12-16)20-13-21-25-28-29-26(31(25)10-11-32(21)30-20)36-15-23(33)27-14-18-6-5-7-22(34-3)24(18)35-4/h5-12,20-21,25,28,30H,13-15H2,1-4H3,(H,27,33). The zero-order chi connectivity index (χ0) is 25.2. The van der Waals surface area contributed by atoms with Crippen molar-refractivity contribution in [3.05, 3.63) is 71.1 Å². The van der Waals surface area contributed by atoms with E-state index < -0.39 is 0 Å². The summed E-state index contributed by atoms with van der Waals surface area (Å²) in [6, 6.07) is 12.7. The normalized spacial score (nSPS) is 22.0. The first-order valence-corrected chi connectivity index (χ1v) is 13.0. The highest BCUT2D eigenvalue weighted by Crippen LogP contribution is 2.36. The highest BCUT2D eigenvalue weighted by atomic mass is 32.2. The molecule has 0 bridgehead atoms. The van der Waals surface area contributed by atoms with Crippen LogP contribution in [-0.4, -0.2) is 53.2 Å². The molecule has 1 fully saturated rings. The summed E-state index contributed by atoms with van der Waals surface area (Å²) in [5, 5.41) is 10.5. The van der Waals surface area contributed by atoms with Crippen LogP contribution in [0.5, 0.6) is 11.5 Å². The summed E-state index contributed by atoms with van der Waals surface area (Å²) in [6.07, 6.45) is 5.05. The van der Waals surface area contributed by atoms with Crippen LogP contribution >= 0.6 is 11.8 Å². The van der Waals surface area contributed by atoms with Gasteiger partial charge in [-0.15, -0.1) is 0 Å². The number of aryl methyl sites for hydroxylation is 2. The van der Waals surface area contributed by atoms with Crippen LogP contribution in [0.2, 0.25) is 0 Å². The third kappa shape index (κ3) is 4.70. The molecule has 1 amide bonds. The Balaban J connectivity index is 1.16. The lowest BCUT2D eigenvalue weighted by Gasteiger charge is -2.36. The van der Waals surface area contributed by atoms with Gasteiger partial charge in [-0.05, 0) is 37.5 Å². The number of hydrogen-bond acceptors (Lipinski definition) is 9. The molecule has 10 heteroatoms. The number of hydrogen-bond donors (Lipinski definition) is 3. The SMILES string of the molecule is COc1cccc(CNC(=O)CSC2=NNC3C4CC(c5cc(C)ccc5C)NN4C=CN23)c1OC. The third-order valence-corrected chi connectivity index (χ3v) is 7.77. The summed E-state index contributed by atoms with van der Waals surface area (Å²) in [5.74, 6) is 1.47. The van der Waals surface area contributed by atoms with Crippen LogP contribution in [0.25, 0.3) is 0 Å². The first-order chi connectivity index (χ1) is 17.5. The van der Waals surface area contributed by atoms with Gasteiger partial charge in [0.25, 0.3) is 0 Å². The van der Waals surface area contributed by atoms with E-state index in [0.29, 0.717) is 18.0 Å². The monoisotopic (exact) mass is 508 g/mol. The molecule has 3 aliphatic rings. The number of nitrogens with one attached hydrogen (secondary N) is 3. The largest absolute Gasteiger partial charge is 0.493 e. The number of methoxy groups -OCH3 is 2. The van der Waals surface area contributed by atoms with Crippen molar-refractivity contribution in [1.82, 2.24) is 26.1 Å². The zero-order valence-corrected chi connectivity index (χ0v) is 21.8. The molecule has 2 aromatic rings. The minimum atomic E-state index is -0.0730. The number of amides is 1. The fraction of sp³-hybridized carbons (Fsp3) is 0.385. The first-order valence-electron chi connectivity index (χ1n) is 12.0. The number of benzene rings is 2. The Morgan fingerprint density at radius 2 is 2.06 bits per heavy atom. The smallest absolute Gasteiger partial charge is 0.230 e. The Labute approximate surface area is 215 Å². The van der Waals surface area contributed by atoms with Crippen molar-refractivity contribution < 1.29 is 14.3 Å². The van der Waals surface area contributed by atoms with Crippen LogP contribution in [0.15, 0.2) is 53.9 Å². The number of carbonyl (C=O) groups excluding carboxylic acids is 1. The maximum atomic E-state index is 12.6. The van der Waals surface area contributed by atoms with Gasteiger partial charge in [0, 0.05) is 24.5 Å². The molecule has 0 aromatic heterocycles. The summed E-state index contributed by atoms with van der Waals surface area (Å²) in [4.78, 5) is 14.7. The highest BCUT2D eigenvalue weighted by Gasteiger charge is 2.44. The molecule has 0 aliphatic carbocycles. The van der Waals surface area contributed by atoms with Gasteiger partial charge in [0.05, 0.1) is 32.1 Å². The molecule has 3 N–H and O–H groups in total. The van der Waals surface area contributed by atoms with Gasteiger partial charge in [-0.25, -0.2) is 5.43 Å². The van der Waals surface area contributed by atoms with Crippen molar-refractivity contribution in [3.8, 4) is 11.5 Å². The summed E-state index contributed by atoms with van der Waals surface area (Å²) < 4.78 is 10.8.